The van der Waals surface area contributed by atoms with Crippen LogP contribution in [0.5, 0.6) is 0 Å². The van der Waals surface area contributed by atoms with Crippen molar-refractivity contribution in [3.05, 3.63) is 65.2 Å². The molecule has 0 fully saturated rings. The molecule has 0 radical (unpaired) electrons. The lowest BCUT2D eigenvalue weighted by molar-refractivity contribution is 0.0993. The van der Waals surface area contributed by atoms with Gasteiger partial charge in [-0.2, -0.15) is 0 Å². The molecular weight excluding hydrogens is 332 g/mol. The summed E-state index contributed by atoms with van der Waals surface area (Å²) in [6, 6.07) is 15.6. The van der Waals surface area contributed by atoms with E-state index in [-0.39, 0.29) is 11.0 Å². The number of thioether (sulfide) groups is 1. The zero-order valence-corrected chi connectivity index (χ0v) is 15.3. The van der Waals surface area contributed by atoms with Crippen LogP contribution in [-0.4, -0.2) is 21.2 Å². The maximum atomic E-state index is 12.6. The lowest BCUT2D eigenvalue weighted by Gasteiger charge is -2.08. The number of hydrogen-bond acceptors (Lipinski definition) is 5. The summed E-state index contributed by atoms with van der Waals surface area (Å²) < 4.78 is 5.71. The Morgan fingerprint density at radius 3 is 2.60 bits per heavy atom. The van der Waals surface area contributed by atoms with E-state index < -0.39 is 0 Å². The van der Waals surface area contributed by atoms with Crippen LogP contribution in [-0.2, 0) is 6.42 Å². The highest BCUT2D eigenvalue weighted by Gasteiger charge is 2.20. The van der Waals surface area contributed by atoms with Crippen molar-refractivity contribution in [2.75, 3.05) is 0 Å². The molecule has 0 aliphatic heterocycles. The summed E-state index contributed by atoms with van der Waals surface area (Å²) in [5, 5.41) is 8.26. The van der Waals surface area contributed by atoms with Gasteiger partial charge in [-0.25, -0.2) is 0 Å². The summed E-state index contributed by atoms with van der Waals surface area (Å²) >= 11 is 1.29. The van der Waals surface area contributed by atoms with E-state index in [4.69, 9.17) is 4.42 Å². The Morgan fingerprint density at radius 2 is 1.92 bits per heavy atom. The van der Waals surface area contributed by atoms with E-state index in [1.807, 2.05) is 62.4 Å². The van der Waals surface area contributed by atoms with Crippen molar-refractivity contribution in [3.8, 4) is 11.5 Å². The Bertz CT molecular complexity index is 871. The van der Waals surface area contributed by atoms with Crippen molar-refractivity contribution >= 4 is 17.5 Å². The first-order chi connectivity index (χ1) is 12.1. The molecule has 25 heavy (non-hydrogen) atoms. The van der Waals surface area contributed by atoms with Gasteiger partial charge in [-0.05, 0) is 38.0 Å². The van der Waals surface area contributed by atoms with E-state index in [1.165, 1.54) is 17.3 Å². The molecule has 128 valence electrons. The molecule has 0 saturated carbocycles. The summed E-state index contributed by atoms with van der Waals surface area (Å²) in [5.74, 6) is 0.529. The second-order valence-electron chi connectivity index (χ2n) is 5.92. The molecule has 3 rings (SSSR count). The van der Waals surface area contributed by atoms with Crippen molar-refractivity contribution in [1.82, 2.24) is 10.2 Å². The molecule has 0 bridgehead atoms. The van der Waals surface area contributed by atoms with Gasteiger partial charge in [0.15, 0.2) is 5.78 Å². The van der Waals surface area contributed by atoms with Gasteiger partial charge in [0.2, 0.25) is 5.89 Å². The zero-order chi connectivity index (χ0) is 17.8. The first-order valence-corrected chi connectivity index (χ1v) is 9.15. The van der Waals surface area contributed by atoms with E-state index >= 15 is 0 Å². The number of rotatable bonds is 6. The van der Waals surface area contributed by atoms with Crippen molar-refractivity contribution in [3.63, 3.8) is 0 Å². The van der Waals surface area contributed by atoms with Gasteiger partial charge in [0, 0.05) is 11.1 Å². The molecule has 0 aliphatic carbocycles. The Kier molecular flexibility index (Phi) is 5.34. The maximum absolute atomic E-state index is 12.6. The smallest absolute Gasteiger partial charge is 0.277 e. The Hall–Kier alpha value is -2.40. The van der Waals surface area contributed by atoms with Crippen LogP contribution in [0.3, 0.4) is 0 Å². The molecule has 0 saturated heterocycles. The van der Waals surface area contributed by atoms with Crippen LogP contribution in [0.1, 0.15) is 35.3 Å². The third-order valence-electron chi connectivity index (χ3n) is 3.97. The Labute approximate surface area is 151 Å². The van der Waals surface area contributed by atoms with Gasteiger partial charge in [0.1, 0.15) is 0 Å². The van der Waals surface area contributed by atoms with Crippen molar-refractivity contribution < 1.29 is 9.21 Å². The molecule has 3 aromatic rings. The minimum atomic E-state index is -0.293. The summed E-state index contributed by atoms with van der Waals surface area (Å²) in [6.07, 6.45) is 0.961. The third-order valence-corrected chi connectivity index (χ3v) is 4.90. The monoisotopic (exact) mass is 352 g/mol. The predicted octanol–water partition coefficient (Wildman–Crippen LogP) is 4.97. The van der Waals surface area contributed by atoms with Crippen molar-refractivity contribution in [2.24, 2.45) is 0 Å². The van der Waals surface area contributed by atoms with Gasteiger partial charge >= 0.3 is 0 Å². The maximum Gasteiger partial charge on any atom is 0.277 e. The highest BCUT2D eigenvalue weighted by atomic mass is 32.2. The van der Waals surface area contributed by atoms with Gasteiger partial charge in [-0.15, -0.1) is 10.2 Å². The second kappa shape index (κ2) is 7.66. The average molecular weight is 352 g/mol. The number of ketones is 1. The fraction of sp³-hybridized carbons (Fsp3) is 0.250. The highest BCUT2D eigenvalue weighted by molar-refractivity contribution is 8.00. The zero-order valence-electron chi connectivity index (χ0n) is 14.5. The van der Waals surface area contributed by atoms with Crippen LogP contribution in [0.2, 0.25) is 0 Å². The molecular formula is C20H20N2O2S. The number of aromatic nitrogens is 2. The SMILES string of the molecule is CCc1ccc(C(=O)[C@@H](C)Sc2nnc(-c3cccc(C)c3)o2)cc1. The largest absolute Gasteiger partial charge is 0.411 e. The van der Waals surface area contributed by atoms with Crippen molar-refractivity contribution in [1.29, 1.82) is 0 Å². The summed E-state index contributed by atoms with van der Waals surface area (Å²) in [6.45, 7) is 5.97. The number of Topliss-reactive ketones (excluding diaryl/α,β-unsaturated/α-hetero) is 1. The van der Waals surface area contributed by atoms with Crippen LogP contribution in [0.4, 0.5) is 0 Å². The second-order valence-corrected chi connectivity index (χ2v) is 7.21. The highest BCUT2D eigenvalue weighted by Crippen LogP contribution is 2.28. The van der Waals surface area contributed by atoms with Gasteiger partial charge in [-0.1, -0.05) is 60.6 Å². The predicted molar refractivity (Wildman–Crippen MR) is 99.9 cm³/mol. The molecule has 0 N–H and O–H groups in total. The summed E-state index contributed by atoms with van der Waals surface area (Å²) in [4.78, 5) is 12.6. The van der Waals surface area contributed by atoms with E-state index in [2.05, 4.69) is 17.1 Å². The van der Waals surface area contributed by atoms with Gasteiger partial charge in [-0.3, -0.25) is 4.79 Å². The van der Waals surface area contributed by atoms with Crippen LogP contribution in [0.25, 0.3) is 11.5 Å². The van der Waals surface area contributed by atoms with Crippen LogP contribution in [0.15, 0.2) is 58.2 Å². The topological polar surface area (TPSA) is 56.0 Å². The van der Waals surface area contributed by atoms with Crippen LogP contribution in [0, 0.1) is 6.92 Å². The van der Waals surface area contributed by atoms with E-state index in [9.17, 15) is 4.79 Å². The molecule has 0 amide bonds. The van der Waals surface area contributed by atoms with Gasteiger partial charge < -0.3 is 4.42 Å². The summed E-state index contributed by atoms with van der Waals surface area (Å²) in [7, 11) is 0. The average Bonchev–Trinajstić information content (AvgIpc) is 3.09. The standard InChI is InChI=1S/C20H20N2O2S/c1-4-15-8-10-16(11-9-15)18(23)14(3)25-20-22-21-19(24-20)17-7-5-6-13(2)12-17/h5-12,14H,4H2,1-3H3/t14-/m1/s1. The number of hydrogen-bond donors (Lipinski definition) is 0. The molecule has 1 heterocycles. The first kappa shape index (κ1) is 17.4. The molecule has 4 nitrogen and oxygen atoms in total. The Balaban J connectivity index is 1.70. The lowest BCUT2D eigenvalue weighted by atomic mass is 10.1. The number of carbonyl (C=O) groups is 1. The van der Waals surface area contributed by atoms with E-state index in [1.54, 1.807) is 0 Å². The van der Waals surface area contributed by atoms with Gasteiger partial charge in [0.25, 0.3) is 5.22 Å². The van der Waals surface area contributed by atoms with Crippen molar-refractivity contribution in [2.45, 2.75) is 37.7 Å². The normalized spacial score (nSPS) is 12.1. The number of nitrogens with zero attached hydrogens (tertiary/aromatic N) is 2. The fourth-order valence-corrected chi connectivity index (χ4v) is 3.26. The molecule has 0 spiro atoms. The summed E-state index contributed by atoms with van der Waals surface area (Å²) in [5.41, 5.74) is 3.93. The number of carbonyl (C=O) groups excluding carboxylic acids is 1. The van der Waals surface area contributed by atoms with Crippen LogP contribution < -0.4 is 0 Å². The van der Waals surface area contributed by atoms with Crippen LogP contribution >= 0.6 is 11.8 Å². The number of benzene rings is 2. The quantitative estimate of drug-likeness (QED) is 0.463. The molecule has 1 aromatic heterocycles. The van der Waals surface area contributed by atoms with Gasteiger partial charge in [0.05, 0.1) is 5.25 Å². The number of aryl methyl sites for hydroxylation is 2. The molecule has 0 aliphatic rings. The first-order valence-electron chi connectivity index (χ1n) is 8.27. The molecule has 0 unspecified atom stereocenters. The molecule has 1 atom stereocenters. The van der Waals surface area contributed by atoms with E-state index in [0.717, 1.165) is 17.5 Å². The minimum Gasteiger partial charge on any atom is -0.411 e. The third kappa shape index (κ3) is 4.17. The lowest BCUT2D eigenvalue weighted by Crippen LogP contribution is -2.13. The van der Waals surface area contributed by atoms with E-state index in [0.29, 0.717) is 16.7 Å². The fourth-order valence-electron chi connectivity index (χ4n) is 2.50. The minimum absolute atomic E-state index is 0.0583. The Morgan fingerprint density at radius 1 is 1.16 bits per heavy atom. The molecule has 2 aromatic carbocycles. The molecule has 5 heteroatoms.